The number of carbonyl (C=O) groups excluding carboxylic acids is 1. The highest BCUT2D eigenvalue weighted by Gasteiger charge is 2.28. The average molecular weight is 487 g/mol. The Labute approximate surface area is 210 Å². The van der Waals surface area contributed by atoms with Crippen molar-refractivity contribution in [3.05, 3.63) is 72.5 Å². The van der Waals surface area contributed by atoms with Crippen molar-refractivity contribution in [1.29, 1.82) is 0 Å². The number of amides is 1. The molecule has 3 aromatic carbocycles. The number of nitrogens with one attached hydrogen (secondary N) is 1. The van der Waals surface area contributed by atoms with E-state index in [0.717, 1.165) is 51.9 Å². The quantitative estimate of drug-likeness (QED) is 0.286. The molecule has 0 atom stereocenters. The highest BCUT2D eigenvalue weighted by atomic mass is 19.1. The van der Waals surface area contributed by atoms with E-state index in [2.05, 4.69) is 22.0 Å². The Morgan fingerprint density at radius 1 is 1.03 bits per heavy atom. The zero-order chi connectivity index (χ0) is 25.2. The number of fused-ring (bicyclic) bond motifs is 1. The number of halogens is 1. The summed E-state index contributed by atoms with van der Waals surface area (Å²) in [4.78, 5) is 12.1. The number of nitrogens with zero attached hydrogens (tertiary/aromatic N) is 1. The topological polar surface area (TPSA) is 52.5 Å². The van der Waals surface area contributed by atoms with Gasteiger partial charge in [0.15, 0.2) is 0 Å². The second-order valence-corrected chi connectivity index (χ2v) is 9.45. The van der Waals surface area contributed by atoms with Crippen LogP contribution in [0.5, 0.6) is 5.75 Å². The van der Waals surface area contributed by atoms with Crippen LogP contribution in [0.2, 0.25) is 0 Å². The summed E-state index contributed by atoms with van der Waals surface area (Å²) in [6.07, 6.45) is 2.75. The second kappa shape index (κ2) is 10.1. The highest BCUT2D eigenvalue weighted by molar-refractivity contribution is 6.05. The van der Waals surface area contributed by atoms with Crippen LogP contribution < -0.4 is 10.1 Å². The molecule has 5 rings (SSSR count). The second-order valence-electron chi connectivity index (χ2n) is 9.45. The molecule has 1 fully saturated rings. The Balaban J connectivity index is 1.67. The predicted octanol–water partition coefficient (Wildman–Crippen LogP) is 8.20. The maximum absolute atomic E-state index is 13.8. The molecule has 0 radical (unpaired) electrons. The van der Waals surface area contributed by atoms with Gasteiger partial charge < -0.3 is 14.0 Å². The Hall–Kier alpha value is -3.80. The van der Waals surface area contributed by atoms with Gasteiger partial charge >= 0.3 is 6.09 Å². The Morgan fingerprint density at radius 2 is 1.72 bits per heavy atom. The first-order valence-corrected chi connectivity index (χ1v) is 12.6. The molecule has 6 heteroatoms. The van der Waals surface area contributed by atoms with E-state index < -0.39 is 6.09 Å². The van der Waals surface area contributed by atoms with Gasteiger partial charge in [0.1, 0.15) is 11.6 Å². The highest BCUT2D eigenvalue weighted by Crippen LogP contribution is 2.47. The maximum atomic E-state index is 13.8. The third kappa shape index (κ3) is 4.68. The minimum atomic E-state index is -0.475. The smallest absolute Gasteiger partial charge is 0.411 e. The molecule has 1 heterocycles. The molecule has 0 unspecified atom stereocenters. The van der Waals surface area contributed by atoms with Gasteiger partial charge in [-0.3, -0.25) is 5.32 Å². The molecule has 1 amide bonds. The molecule has 5 nitrogen and oxygen atoms in total. The maximum Gasteiger partial charge on any atom is 0.411 e. The third-order valence-corrected chi connectivity index (χ3v) is 6.61. The summed E-state index contributed by atoms with van der Waals surface area (Å²) < 4.78 is 27.3. The van der Waals surface area contributed by atoms with Crippen molar-refractivity contribution in [3.63, 3.8) is 0 Å². The fourth-order valence-electron chi connectivity index (χ4n) is 4.84. The van der Waals surface area contributed by atoms with Crippen LogP contribution >= 0.6 is 0 Å². The zero-order valence-corrected chi connectivity index (χ0v) is 20.9. The number of aromatic nitrogens is 1. The number of carbonyl (C=O) groups is 1. The molecule has 36 heavy (non-hydrogen) atoms. The fraction of sp³-hybridized carbons (Fsp3) is 0.300. The Morgan fingerprint density at radius 3 is 2.33 bits per heavy atom. The fourth-order valence-corrected chi connectivity index (χ4v) is 4.84. The van der Waals surface area contributed by atoms with E-state index in [1.165, 1.54) is 18.6 Å². The average Bonchev–Trinajstić information content (AvgIpc) is 3.13. The molecule has 186 valence electrons. The van der Waals surface area contributed by atoms with Gasteiger partial charge in [-0.2, -0.15) is 0 Å². The standard InChI is InChI=1S/C30H31FN2O3/c1-4-35-25-16-17-26-27(18-25)33(24-6-5-7-24)29(28(26)20-8-12-22(31)13-9-20)21-10-14-23(15-11-21)32-30(34)36-19(2)3/h8-19,24H,4-7H2,1-3H3,(H,32,34). The first-order chi connectivity index (χ1) is 17.4. The van der Waals surface area contributed by atoms with Crippen LogP contribution in [0.25, 0.3) is 33.3 Å². The van der Waals surface area contributed by atoms with Crippen LogP contribution in [0, 0.1) is 5.82 Å². The lowest BCUT2D eigenvalue weighted by molar-refractivity contribution is 0.130. The molecule has 0 bridgehead atoms. The van der Waals surface area contributed by atoms with E-state index in [4.69, 9.17) is 9.47 Å². The van der Waals surface area contributed by atoms with Crippen molar-refractivity contribution in [3.8, 4) is 28.1 Å². The number of benzene rings is 3. The van der Waals surface area contributed by atoms with E-state index in [0.29, 0.717) is 18.3 Å². The van der Waals surface area contributed by atoms with Crippen LogP contribution in [0.4, 0.5) is 14.9 Å². The van der Waals surface area contributed by atoms with Crippen molar-refractivity contribution >= 4 is 22.7 Å². The summed E-state index contributed by atoms with van der Waals surface area (Å²) in [6.45, 7) is 6.21. The monoisotopic (exact) mass is 486 g/mol. The molecule has 0 saturated heterocycles. The van der Waals surface area contributed by atoms with E-state index in [-0.39, 0.29) is 11.9 Å². The molecular formula is C30H31FN2O3. The van der Waals surface area contributed by atoms with Crippen LogP contribution in [0.3, 0.4) is 0 Å². The van der Waals surface area contributed by atoms with Gasteiger partial charge in [-0.25, -0.2) is 9.18 Å². The van der Waals surface area contributed by atoms with Crippen molar-refractivity contribution in [2.75, 3.05) is 11.9 Å². The number of ether oxygens (including phenoxy) is 2. The normalized spacial score (nSPS) is 13.6. The molecule has 1 aromatic heterocycles. The minimum Gasteiger partial charge on any atom is -0.494 e. The molecule has 0 aliphatic heterocycles. The van der Waals surface area contributed by atoms with E-state index in [1.807, 2.05) is 63.2 Å². The SMILES string of the molecule is CCOc1ccc2c(-c3ccc(F)cc3)c(-c3ccc(NC(=O)OC(C)C)cc3)n(C3CCC3)c2c1. The third-order valence-electron chi connectivity index (χ3n) is 6.61. The first-order valence-electron chi connectivity index (χ1n) is 12.6. The zero-order valence-electron chi connectivity index (χ0n) is 20.9. The lowest BCUT2D eigenvalue weighted by atomic mass is 9.91. The summed E-state index contributed by atoms with van der Waals surface area (Å²) in [5.74, 6) is 0.578. The van der Waals surface area contributed by atoms with E-state index in [1.54, 1.807) is 0 Å². The molecule has 1 aliphatic carbocycles. The Kier molecular flexibility index (Phi) is 6.68. The summed E-state index contributed by atoms with van der Waals surface area (Å²) in [5.41, 5.74) is 5.92. The molecule has 4 aromatic rings. The predicted molar refractivity (Wildman–Crippen MR) is 142 cm³/mol. The molecular weight excluding hydrogens is 455 g/mol. The van der Waals surface area contributed by atoms with Crippen LogP contribution in [-0.2, 0) is 4.74 Å². The number of hydrogen-bond acceptors (Lipinski definition) is 3. The summed E-state index contributed by atoms with van der Waals surface area (Å²) >= 11 is 0. The van der Waals surface area contributed by atoms with Gasteiger partial charge in [-0.1, -0.05) is 24.3 Å². The lowest BCUT2D eigenvalue weighted by Gasteiger charge is -2.30. The van der Waals surface area contributed by atoms with E-state index >= 15 is 0 Å². The van der Waals surface area contributed by atoms with Crippen LogP contribution in [0.1, 0.15) is 46.1 Å². The van der Waals surface area contributed by atoms with Crippen molar-refractivity contribution < 1.29 is 18.7 Å². The van der Waals surface area contributed by atoms with Gasteiger partial charge in [-0.05, 0) is 87.6 Å². The number of rotatable bonds is 7. The summed E-state index contributed by atoms with van der Waals surface area (Å²) in [7, 11) is 0. The first kappa shape index (κ1) is 23.9. The van der Waals surface area contributed by atoms with Gasteiger partial charge in [0.05, 0.1) is 23.9 Å². The Bertz CT molecular complexity index is 1370. The molecule has 1 N–H and O–H groups in total. The number of hydrogen-bond donors (Lipinski definition) is 1. The van der Waals surface area contributed by atoms with Crippen molar-refractivity contribution in [2.45, 2.75) is 52.2 Å². The van der Waals surface area contributed by atoms with E-state index in [9.17, 15) is 9.18 Å². The lowest BCUT2D eigenvalue weighted by Crippen LogP contribution is -2.18. The van der Waals surface area contributed by atoms with Gasteiger partial charge in [0, 0.05) is 28.7 Å². The van der Waals surface area contributed by atoms with Crippen LogP contribution in [0.15, 0.2) is 66.7 Å². The van der Waals surface area contributed by atoms with Crippen molar-refractivity contribution in [1.82, 2.24) is 4.57 Å². The largest absolute Gasteiger partial charge is 0.494 e. The molecule has 1 saturated carbocycles. The molecule has 0 spiro atoms. The number of anilines is 1. The van der Waals surface area contributed by atoms with Crippen molar-refractivity contribution in [2.24, 2.45) is 0 Å². The van der Waals surface area contributed by atoms with Gasteiger partial charge in [-0.15, -0.1) is 0 Å². The summed E-state index contributed by atoms with van der Waals surface area (Å²) in [6, 6.07) is 21.1. The minimum absolute atomic E-state index is 0.192. The van der Waals surface area contributed by atoms with Gasteiger partial charge in [0.2, 0.25) is 0 Å². The summed E-state index contributed by atoms with van der Waals surface area (Å²) in [5, 5.41) is 3.89. The van der Waals surface area contributed by atoms with Crippen LogP contribution in [-0.4, -0.2) is 23.4 Å². The van der Waals surface area contributed by atoms with Gasteiger partial charge in [0.25, 0.3) is 0 Å². The molecule has 1 aliphatic rings.